The van der Waals surface area contributed by atoms with Gasteiger partial charge in [-0.25, -0.2) is 8.78 Å². The number of amides is 1. The molecule has 6 nitrogen and oxygen atoms in total. The summed E-state index contributed by atoms with van der Waals surface area (Å²) in [6.07, 6.45) is -4.63. The van der Waals surface area contributed by atoms with Gasteiger partial charge in [0.05, 0.1) is 11.2 Å². The van der Waals surface area contributed by atoms with E-state index in [-0.39, 0.29) is 18.4 Å². The van der Waals surface area contributed by atoms with Gasteiger partial charge in [0.25, 0.3) is 0 Å². The minimum absolute atomic E-state index is 0.153. The van der Waals surface area contributed by atoms with Gasteiger partial charge in [-0.3, -0.25) is 10.2 Å². The molecule has 0 spiro atoms. The second-order valence-electron chi connectivity index (χ2n) is 8.02. The van der Waals surface area contributed by atoms with Crippen LogP contribution in [0.2, 0.25) is 0 Å². The first-order valence-corrected chi connectivity index (χ1v) is 9.30. The topological polar surface area (TPSA) is 97.4 Å². The average Bonchev–Trinajstić information content (AvgIpc) is 2.83. The molecule has 0 radical (unpaired) electrons. The summed E-state index contributed by atoms with van der Waals surface area (Å²) >= 11 is 0. The van der Waals surface area contributed by atoms with Crippen molar-refractivity contribution in [3.05, 3.63) is 35.5 Å². The molecule has 1 aliphatic heterocycles. The molecule has 1 saturated heterocycles. The van der Waals surface area contributed by atoms with E-state index in [0.29, 0.717) is 6.20 Å². The fourth-order valence-corrected chi connectivity index (χ4v) is 2.73. The van der Waals surface area contributed by atoms with E-state index in [1.807, 2.05) is 0 Å². The molecule has 1 fully saturated rings. The first-order chi connectivity index (χ1) is 14.1. The van der Waals surface area contributed by atoms with Crippen LogP contribution in [0.4, 0.5) is 22.0 Å². The second-order valence-corrected chi connectivity index (χ2v) is 8.02. The van der Waals surface area contributed by atoms with Crippen LogP contribution in [0.3, 0.4) is 0 Å². The Hall–Kier alpha value is -2.47. The lowest BCUT2D eigenvalue weighted by Crippen LogP contribution is -2.41. The summed E-state index contributed by atoms with van der Waals surface area (Å²) in [6, 6.07) is 1.97. The standard InChI is InChI=1S/C19H23BF5N3O3/c1-17(2)18(3,4)31-20(30-17)12-6-5-10(14(21)15(12)22)11(16(27)19(23,24)25)9-28-8-7-13(26)29/h5-6,9,27-28H,7-8H2,1-4H3,(H2,26,29)/b11-9-,27-16?. The maximum atomic E-state index is 14.8. The van der Waals surface area contributed by atoms with Crippen molar-refractivity contribution < 1.29 is 36.1 Å². The average molecular weight is 447 g/mol. The number of allylic oxidation sites excluding steroid dienone is 1. The van der Waals surface area contributed by atoms with Crippen molar-refractivity contribution in [1.82, 2.24) is 5.32 Å². The maximum absolute atomic E-state index is 14.8. The minimum atomic E-state index is -5.12. The smallest absolute Gasteiger partial charge is 0.399 e. The van der Waals surface area contributed by atoms with Crippen molar-refractivity contribution in [2.75, 3.05) is 6.54 Å². The molecule has 1 aromatic carbocycles. The lowest BCUT2D eigenvalue weighted by molar-refractivity contribution is -0.117. The van der Waals surface area contributed by atoms with Crippen LogP contribution < -0.4 is 16.5 Å². The van der Waals surface area contributed by atoms with Gasteiger partial charge in [0, 0.05) is 35.8 Å². The van der Waals surface area contributed by atoms with Crippen LogP contribution in [0.25, 0.3) is 5.57 Å². The van der Waals surface area contributed by atoms with E-state index in [2.05, 4.69) is 5.32 Å². The van der Waals surface area contributed by atoms with Gasteiger partial charge in [-0.1, -0.05) is 12.1 Å². The second kappa shape index (κ2) is 8.58. The SMILES string of the molecule is CC1(C)OB(c2ccc(/C(=C/NCCC(N)=O)C(=N)C(F)(F)F)c(F)c2F)OC1(C)C. The van der Waals surface area contributed by atoms with Crippen molar-refractivity contribution in [3.8, 4) is 0 Å². The normalized spacial score (nSPS) is 18.2. The largest absolute Gasteiger partial charge is 0.497 e. The quantitative estimate of drug-likeness (QED) is 0.259. The predicted octanol–water partition coefficient (Wildman–Crippen LogP) is 2.65. The summed E-state index contributed by atoms with van der Waals surface area (Å²) in [5, 5.41) is 9.75. The number of nitrogens with one attached hydrogen (secondary N) is 2. The van der Waals surface area contributed by atoms with E-state index >= 15 is 0 Å². The minimum Gasteiger partial charge on any atom is -0.399 e. The molecule has 31 heavy (non-hydrogen) atoms. The highest BCUT2D eigenvalue weighted by atomic mass is 19.4. The Kier molecular flexibility index (Phi) is 6.86. The number of alkyl halides is 3. The van der Waals surface area contributed by atoms with E-state index in [1.54, 1.807) is 27.7 Å². The third-order valence-corrected chi connectivity index (χ3v) is 5.22. The number of nitrogens with two attached hydrogens (primary N) is 1. The van der Waals surface area contributed by atoms with Crippen LogP contribution in [-0.2, 0) is 14.1 Å². The molecule has 0 unspecified atom stereocenters. The number of rotatable bonds is 7. The highest BCUT2D eigenvalue weighted by Gasteiger charge is 2.52. The number of primary amides is 1. The Balaban J connectivity index is 2.44. The Bertz CT molecular complexity index is 900. The maximum Gasteiger partial charge on any atom is 0.497 e. The van der Waals surface area contributed by atoms with Crippen molar-refractivity contribution in [3.63, 3.8) is 0 Å². The molecule has 0 aromatic heterocycles. The molecule has 4 N–H and O–H groups in total. The van der Waals surface area contributed by atoms with E-state index < -0.39 is 58.9 Å². The van der Waals surface area contributed by atoms with Crippen LogP contribution in [-0.4, -0.2) is 42.7 Å². The Morgan fingerprint density at radius 2 is 1.71 bits per heavy atom. The van der Waals surface area contributed by atoms with Gasteiger partial charge in [-0.15, -0.1) is 0 Å². The first kappa shape index (κ1) is 24.8. The van der Waals surface area contributed by atoms with Crippen molar-refractivity contribution in [2.45, 2.75) is 51.5 Å². The van der Waals surface area contributed by atoms with Gasteiger partial charge >= 0.3 is 13.3 Å². The van der Waals surface area contributed by atoms with E-state index in [9.17, 15) is 26.7 Å². The number of carbonyl (C=O) groups is 1. The molecule has 0 saturated carbocycles. The zero-order chi connectivity index (χ0) is 23.8. The Labute approximate surface area is 176 Å². The summed E-state index contributed by atoms with van der Waals surface area (Å²) in [5.41, 5.74) is -0.657. The van der Waals surface area contributed by atoms with Crippen molar-refractivity contribution in [2.24, 2.45) is 5.73 Å². The van der Waals surface area contributed by atoms with Crippen LogP contribution in [0.15, 0.2) is 18.3 Å². The molecular weight excluding hydrogens is 424 g/mol. The molecule has 2 rings (SSSR count). The lowest BCUT2D eigenvalue weighted by Gasteiger charge is -2.32. The Morgan fingerprint density at radius 1 is 1.16 bits per heavy atom. The van der Waals surface area contributed by atoms with Gasteiger partial charge in [-0.2, -0.15) is 13.2 Å². The van der Waals surface area contributed by atoms with E-state index in [1.165, 1.54) is 0 Å². The molecule has 1 heterocycles. The molecule has 170 valence electrons. The fraction of sp³-hybridized carbons (Fsp3) is 0.474. The number of carbonyl (C=O) groups excluding carboxylic acids is 1. The third kappa shape index (κ3) is 5.24. The molecule has 0 aliphatic carbocycles. The van der Waals surface area contributed by atoms with Crippen LogP contribution >= 0.6 is 0 Å². The number of hydrogen-bond donors (Lipinski definition) is 3. The van der Waals surface area contributed by atoms with Crippen LogP contribution in [0.5, 0.6) is 0 Å². The lowest BCUT2D eigenvalue weighted by atomic mass is 9.77. The van der Waals surface area contributed by atoms with Gasteiger partial charge in [-0.05, 0) is 27.7 Å². The molecule has 0 atom stereocenters. The van der Waals surface area contributed by atoms with Gasteiger partial charge in [0.2, 0.25) is 5.91 Å². The predicted molar refractivity (Wildman–Crippen MR) is 106 cm³/mol. The molecular formula is C19H23BF5N3O3. The molecule has 1 amide bonds. The van der Waals surface area contributed by atoms with Crippen molar-refractivity contribution >= 4 is 29.8 Å². The van der Waals surface area contributed by atoms with E-state index in [0.717, 1.165) is 12.1 Å². The highest BCUT2D eigenvalue weighted by Crippen LogP contribution is 2.37. The zero-order valence-electron chi connectivity index (χ0n) is 17.4. The Morgan fingerprint density at radius 3 is 2.19 bits per heavy atom. The number of hydrogen-bond acceptors (Lipinski definition) is 5. The number of benzene rings is 1. The van der Waals surface area contributed by atoms with Crippen LogP contribution in [0.1, 0.15) is 39.7 Å². The van der Waals surface area contributed by atoms with Gasteiger partial charge in [0.15, 0.2) is 11.6 Å². The molecule has 1 aromatic rings. The van der Waals surface area contributed by atoms with Crippen LogP contribution in [0, 0.1) is 17.0 Å². The fourth-order valence-electron chi connectivity index (χ4n) is 2.73. The summed E-state index contributed by atoms with van der Waals surface area (Å²) in [4.78, 5) is 10.8. The molecule has 12 heteroatoms. The number of halogens is 5. The summed E-state index contributed by atoms with van der Waals surface area (Å²) in [7, 11) is -1.27. The summed E-state index contributed by atoms with van der Waals surface area (Å²) in [5.74, 6) is -3.75. The molecule has 0 bridgehead atoms. The molecule has 1 aliphatic rings. The first-order valence-electron chi connectivity index (χ1n) is 9.30. The third-order valence-electron chi connectivity index (χ3n) is 5.22. The monoisotopic (exact) mass is 447 g/mol. The zero-order valence-corrected chi connectivity index (χ0v) is 17.4. The van der Waals surface area contributed by atoms with Crippen molar-refractivity contribution in [1.29, 1.82) is 5.41 Å². The van der Waals surface area contributed by atoms with E-state index in [4.69, 9.17) is 20.5 Å². The van der Waals surface area contributed by atoms with Gasteiger partial charge in [0.1, 0.15) is 5.71 Å². The summed E-state index contributed by atoms with van der Waals surface area (Å²) < 4.78 is 80.4. The highest BCUT2D eigenvalue weighted by molar-refractivity contribution is 6.62. The van der Waals surface area contributed by atoms with Gasteiger partial charge < -0.3 is 20.4 Å². The summed E-state index contributed by atoms with van der Waals surface area (Å²) in [6.45, 7) is 6.68.